The van der Waals surface area contributed by atoms with E-state index in [4.69, 9.17) is 0 Å². The third kappa shape index (κ3) is 2.84. The van der Waals surface area contributed by atoms with Crippen molar-refractivity contribution in [2.75, 3.05) is 11.4 Å². The molecule has 4 nitrogen and oxygen atoms in total. The molecule has 0 spiro atoms. The molecule has 0 aliphatic carbocycles. The van der Waals surface area contributed by atoms with Crippen LogP contribution in [0.5, 0.6) is 0 Å². The molecule has 0 atom stereocenters. The lowest BCUT2D eigenvalue weighted by molar-refractivity contribution is -0.118. The minimum Gasteiger partial charge on any atom is -0.312 e. The summed E-state index contributed by atoms with van der Waals surface area (Å²) in [6.07, 6.45) is 2.32. The van der Waals surface area contributed by atoms with Gasteiger partial charge in [0.25, 0.3) is 0 Å². The van der Waals surface area contributed by atoms with Crippen LogP contribution in [-0.4, -0.2) is 21.8 Å². The number of fused-ring (bicyclic) bond motifs is 1. The standard InChI is InChI=1S/C19H21N3O/c1-4-21(16-10-6-5-7-11-16)18(23)13-17-15(3)20-19-14(2)9-8-12-22(17)19/h5-12H,4,13H2,1-3H3. The van der Waals surface area contributed by atoms with E-state index in [2.05, 4.69) is 4.98 Å². The summed E-state index contributed by atoms with van der Waals surface area (Å²) in [7, 11) is 0. The van der Waals surface area contributed by atoms with Crippen LogP contribution in [0.4, 0.5) is 5.69 Å². The number of imidazole rings is 1. The first-order valence-electron chi connectivity index (χ1n) is 7.90. The topological polar surface area (TPSA) is 37.6 Å². The number of para-hydroxylation sites is 1. The lowest BCUT2D eigenvalue weighted by atomic mass is 10.2. The molecule has 0 bridgehead atoms. The predicted molar refractivity (Wildman–Crippen MR) is 92.8 cm³/mol. The normalized spacial score (nSPS) is 10.9. The van der Waals surface area contributed by atoms with Crippen molar-refractivity contribution in [3.8, 4) is 0 Å². The highest BCUT2D eigenvalue weighted by atomic mass is 16.2. The molecule has 0 unspecified atom stereocenters. The van der Waals surface area contributed by atoms with E-state index < -0.39 is 0 Å². The summed E-state index contributed by atoms with van der Waals surface area (Å²) >= 11 is 0. The zero-order valence-corrected chi connectivity index (χ0v) is 13.8. The molecule has 0 saturated carbocycles. The second-order valence-corrected chi connectivity index (χ2v) is 5.68. The van der Waals surface area contributed by atoms with E-state index in [1.54, 1.807) is 0 Å². The minimum atomic E-state index is 0.0881. The Morgan fingerprint density at radius 2 is 1.87 bits per heavy atom. The van der Waals surface area contributed by atoms with Crippen LogP contribution in [0.1, 0.15) is 23.9 Å². The van der Waals surface area contributed by atoms with E-state index in [1.165, 1.54) is 0 Å². The van der Waals surface area contributed by atoms with Gasteiger partial charge in [-0.1, -0.05) is 24.3 Å². The quantitative estimate of drug-likeness (QED) is 0.739. The number of amides is 1. The molecule has 0 fully saturated rings. The van der Waals surface area contributed by atoms with Gasteiger partial charge < -0.3 is 9.30 Å². The Balaban J connectivity index is 1.94. The molecule has 1 aromatic carbocycles. The van der Waals surface area contributed by atoms with Crippen LogP contribution in [-0.2, 0) is 11.2 Å². The Morgan fingerprint density at radius 3 is 2.57 bits per heavy atom. The number of benzene rings is 1. The van der Waals surface area contributed by atoms with E-state index in [9.17, 15) is 4.79 Å². The van der Waals surface area contributed by atoms with Crippen molar-refractivity contribution in [1.82, 2.24) is 9.38 Å². The maximum atomic E-state index is 12.8. The zero-order chi connectivity index (χ0) is 16.4. The van der Waals surface area contributed by atoms with Crippen molar-refractivity contribution < 1.29 is 4.79 Å². The second kappa shape index (κ2) is 6.24. The van der Waals surface area contributed by atoms with Gasteiger partial charge in [-0.25, -0.2) is 4.98 Å². The van der Waals surface area contributed by atoms with Gasteiger partial charge in [-0.2, -0.15) is 0 Å². The number of anilines is 1. The predicted octanol–water partition coefficient (Wildman–Crippen LogP) is 3.55. The molecule has 3 aromatic rings. The summed E-state index contributed by atoms with van der Waals surface area (Å²) < 4.78 is 2.03. The molecule has 23 heavy (non-hydrogen) atoms. The summed E-state index contributed by atoms with van der Waals surface area (Å²) in [6, 6.07) is 13.8. The van der Waals surface area contributed by atoms with Crippen LogP contribution in [0.3, 0.4) is 0 Å². The highest BCUT2D eigenvalue weighted by Gasteiger charge is 2.18. The van der Waals surface area contributed by atoms with Gasteiger partial charge in [0.1, 0.15) is 5.65 Å². The SMILES string of the molecule is CCN(C(=O)Cc1c(C)nc2c(C)cccn12)c1ccccc1. The Hall–Kier alpha value is -2.62. The van der Waals surface area contributed by atoms with Gasteiger partial charge in [-0.3, -0.25) is 4.79 Å². The summed E-state index contributed by atoms with van der Waals surface area (Å²) in [5.41, 5.74) is 4.85. The van der Waals surface area contributed by atoms with Crippen molar-refractivity contribution in [2.24, 2.45) is 0 Å². The van der Waals surface area contributed by atoms with Crippen LogP contribution < -0.4 is 4.90 Å². The number of hydrogen-bond donors (Lipinski definition) is 0. The van der Waals surface area contributed by atoms with Crippen LogP contribution in [0, 0.1) is 13.8 Å². The number of likely N-dealkylation sites (N-methyl/N-ethyl adjacent to an activating group) is 1. The highest BCUT2D eigenvalue weighted by molar-refractivity contribution is 5.94. The number of nitrogens with zero attached hydrogens (tertiary/aromatic N) is 3. The van der Waals surface area contributed by atoms with Crippen LogP contribution in [0.2, 0.25) is 0 Å². The van der Waals surface area contributed by atoms with Gasteiger partial charge >= 0.3 is 0 Å². The number of pyridine rings is 1. The van der Waals surface area contributed by atoms with Crippen molar-refractivity contribution in [3.05, 3.63) is 65.6 Å². The fourth-order valence-corrected chi connectivity index (χ4v) is 2.93. The van der Waals surface area contributed by atoms with Crippen molar-refractivity contribution >= 4 is 17.2 Å². The first-order valence-corrected chi connectivity index (χ1v) is 7.90. The maximum Gasteiger partial charge on any atom is 0.232 e. The molecule has 3 rings (SSSR count). The Labute approximate surface area is 136 Å². The summed E-state index contributed by atoms with van der Waals surface area (Å²) in [5.74, 6) is 0.0881. The lowest BCUT2D eigenvalue weighted by Crippen LogP contribution is -2.32. The van der Waals surface area contributed by atoms with E-state index >= 15 is 0 Å². The van der Waals surface area contributed by atoms with Gasteiger partial charge in [-0.05, 0) is 44.5 Å². The zero-order valence-electron chi connectivity index (χ0n) is 13.8. The third-order valence-electron chi connectivity index (χ3n) is 4.15. The second-order valence-electron chi connectivity index (χ2n) is 5.68. The molecule has 118 valence electrons. The number of aryl methyl sites for hydroxylation is 2. The molecule has 0 N–H and O–H groups in total. The molecule has 1 amide bonds. The molecule has 4 heteroatoms. The monoisotopic (exact) mass is 307 g/mol. The molecule has 0 radical (unpaired) electrons. The van der Waals surface area contributed by atoms with Crippen LogP contribution >= 0.6 is 0 Å². The fraction of sp³-hybridized carbons (Fsp3) is 0.263. The summed E-state index contributed by atoms with van der Waals surface area (Å²) in [4.78, 5) is 19.2. The van der Waals surface area contributed by atoms with Gasteiger partial charge in [0.15, 0.2) is 0 Å². The smallest absolute Gasteiger partial charge is 0.232 e. The first kappa shape index (κ1) is 15.3. The molecule has 2 aromatic heterocycles. The highest BCUT2D eigenvalue weighted by Crippen LogP contribution is 2.19. The van der Waals surface area contributed by atoms with Gasteiger partial charge in [-0.15, -0.1) is 0 Å². The summed E-state index contributed by atoms with van der Waals surface area (Å²) in [5, 5.41) is 0. The molecule has 0 aliphatic heterocycles. The number of aromatic nitrogens is 2. The van der Waals surface area contributed by atoms with E-state index in [-0.39, 0.29) is 5.91 Å². The number of hydrogen-bond acceptors (Lipinski definition) is 2. The fourth-order valence-electron chi connectivity index (χ4n) is 2.93. The van der Waals surface area contributed by atoms with Crippen LogP contribution in [0.15, 0.2) is 48.7 Å². The Morgan fingerprint density at radius 1 is 1.13 bits per heavy atom. The Kier molecular flexibility index (Phi) is 4.15. The lowest BCUT2D eigenvalue weighted by Gasteiger charge is -2.21. The first-order chi connectivity index (χ1) is 11.1. The van der Waals surface area contributed by atoms with E-state index in [0.29, 0.717) is 13.0 Å². The van der Waals surface area contributed by atoms with Gasteiger partial charge in [0, 0.05) is 18.4 Å². The average Bonchev–Trinajstić information content (AvgIpc) is 2.87. The largest absolute Gasteiger partial charge is 0.312 e. The number of rotatable bonds is 4. The third-order valence-corrected chi connectivity index (χ3v) is 4.15. The number of carbonyl (C=O) groups is 1. The molecule has 0 saturated heterocycles. The van der Waals surface area contributed by atoms with Crippen molar-refractivity contribution in [1.29, 1.82) is 0 Å². The number of carbonyl (C=O) groups excluding carboxylic acids is 1. The maximum absolute atomic E-state index is 12.8. The van der Waals surface area contributed by atoms with Gasteiger partial charge in [0.05, 0.1) is 17.8 Å². The molecular weight excluding hydrogens is 286 g/mol. The van der Waals surface area contributed by atoms with Gasteiger partial charge in [0.2, 0.25) is 5.91 Å². The molecule has 2 heterocycles. The Bertz CT molecular complexity index is 836. The van der Waals surface area contributed by atoms with Crippen molar-refractivity contribution in [2.45, 2.75) is 27.2 Å². The molecule has 0 aliphatic rings. The van der Waals surface area contributed by atoms with E-state index in [1.807, 2.05) is 78.7 Å². The van der Waals surface area contributed by atoms with Crippen molar-refractivity contribution in [3.63, 3.8) is 0 Å². The molecular formula is C19H21N3O. The average molecular weight is 307 g/mol. The van der Waals surface area contributed by atoms with Crippen LogP contribution in [0.25, 0.3) is 5.65 Å². The summed E-state index contributed by atoms with van der Waals surface area (Å²) in [6.45, 7) is 6.65. The minimum absolute atomic E-state index is 0.0881. The van der Waals surface area contributed by atoms with E-state index in [0.717, 1.165) is 28.3 Å².